The van der Waals surface area contributed by atoms with Gasteiger partial charge < -0.3 is 14.8 Å². The summed E-state index contributed by atoms with van der Waals surface area (Å²) >= 11 is 0. The smallest absolute Gasteiger partial charge is 0.329 e. The number of amides is 1. The number of rotatable bonds is 5. The first-order chi connectivity index (χ1) is 9.52. The van der Waals surface area contributed by atoms with Crippen LogP contribution in [-0.2, 0) is 17.6 Å². The molecule has 0 radical (unpaired) electrons. The van der Waals surface area contributed by atoms with E-state index in [9.17, 15) is 14.7 Å². The summed E-state index contributed by atoms with van der Waals surface area (Å²) in [6.45, 7) is 3.97. The molecule has 5 nitrogen and oxygen atoms in total. The third-order valence-electron chi connectivity index (χ3n) is 4.04. The highest BCUT2D eigenvalue weighted by molar-refractivity contribution is 5.96. The average Bonchev–Trinajstić information content (AvgIpc) is 3.04. The van der Waals surface area contributed by atoms with Crippen molar-refractivity contribution >= 4 is 11.9 Å². The highest BCUT2D eigenvalue weighted by Gasteiger charge is 2.43. The third kappa shape index (κ3) is 2.57. The zero-order valence-corrected chi connectivity index (χ0v) is 12.0. The van der Waals surface area contributed by atoms with Gasteiger partial charge in [0.15, 0.2) is 5.76 Å². The van der Waals surface area contributed by atoms with Crippen molar-refractivity contribution in [1.82, 2.24) is 5.32 Å². The molecule has 0 atom stereocenters. The predicted molar refractivity (Wildman–Crippen MR) is 73.8 cm³/mol. The summed E-state index contributed by atoms with van der Waals surface area (Å²) in [5, 5.41) is 12.0. The number of hydrogen-bond acceptors (Lipinski definition) is 3. The molecule has 0 spiro atoms. The maximum absolute atomic E-state index is 12.2. The second-order valence-corrected chi connectivity index (χ2v) is 5.31. The predicted octanol–water partition coefficient (Wildman–Crippen LogP) is 2.53. The molecule has 1 amide bonds. The van der Waals surface area contributed by atoms with E-state index < -0.39 is 17.4 Å². The summed E-state index contributed by atoms with van der Waals surface area (Å²) in [6.07, 6.45) is 4.13. The molecule has 1 aromatic rings. The molecule has 110 valence electrons. The summed E-state index contributed by atoms with van der Waals surface area (Å²) < 4.78 is 5.55. The highest BCUT2D eigenvalue weighted by Crippen LogP contribution is 2.30. The van der Waals surface area contributed by atoms with Crippen LogP contribution >= 0.6 is 0 Å². The van der Waals surface area contributed by atoms with Gasteiger partial charge in [0.2, 0.25) is 0 Å². The molecule has 1 fully saturated rings. The maximum Gasteiger partial charge on any atom is 0.329 e. The Morgan fingerprint density at radius 3 is 2.40 bits per heavy atom. The highest BCUT2D eigenvalue weighted by atomic mass is 16.4. The van der Waals surface area contributed by atoms with E-state index in [2.05, 4.69) is 5.32 Å². The molecule has 2 rings (SSSR count). The number of carboxylic acid groups (broad SMARTS) is 1. The van der Waals surface area contributed by atoms with Crippen molar-refractivity contribution in [3.05, 3.63) is 23.2 Å². The normalized spacial score (nSPS) is 17.1. The SMILES string of the molecule is CCc1cc(C(=O)NC2(C(=O)O)CCCC2)oc1CC. The molecule has 0 saturated heterocycles. The van der Waals surface area contributed by atoms with E-state index in [-0.39, 0.29) is 5.76 Å². The van der Waals surface area contributed by atoms with Crippen LogP contribution in [-0.4, -0.2) is 22.5 Å². The van der Waals surface area contributed by atoms with Gasteiger partial charge in [0.25, 0.3) is 5.91 Å². The van der Waals surface area contributed by atoms with Crippen LogP contribution in [0.1, 0.15) is 61.4 Å². The maximum atomic E-state index is 12.2. The Morgan fingerprint density at radius 2 is 1.95 bits per heavy atom. The van der Waals surface area contributed by atoms with Crippen molar-refractivity contribution in [1.29, 1.82) is 0 Å². The molecule has 0 aromatic carbocycles. The lowest BCUT2D eigenvalue weighted by Crippen LogP contribution is -2.52. The molecular weight excluding hydrogens is 258 g/mol. The number of hydrogen-bond donors (Lipinski definition) is 2. The van der Waals surface area contributed by atoms with Crippen molar-refractivity contribution in [3.63, 3.8) is 0 Å². The number of furan rings is 1. The molecule has 1 saturated carbocycles. The first kappa shape index (κ1) is 14.6. The van der Waals surface area contributed by atoms with Crippen LogP contribution in [0.2, 0.25) is 0 Å². The Balaban J connectivity index is 2.19. The number of carbonyl (C=O) groups is 2. The summed E-state index contributed by atoms with van der Waals surface area (Å²) in [5.41, 5.74) is -0.115. The van der Waals surface area contributed by atoms with Gasteiger partial charge in [0.05, 0.1) is 0 Å². The molecule has 20 heavy (non-hydrogen) atoms. The van der Waals surface area contributed by atoms with Gasteiger partial charge in [-0.1, -0.05) is 26.7 Å². The van der Waals surface area contributed by atoms with E-state index in [4.69, 9.17) is 4.42 Å². The quantitative estimate of drug-likeness (QED) is 0.868. The lowest BCUT2D eigenvalue weighted by Gasteiger charge is -2.24. The van der Waals surface area contributed by atoms with E-state index >= 15 is 0 Å². The first-order valence-electron chi connectivity index (χ1n) is 7.20. The van der Waals surface area contributed by atoms with Gasteiger partial charge in [-0.2, -0.15) is 0 Å². The minimum Gasteiger partial charge on any atom is -0.480 e. The van der Waals surface area contributed by atoms with Crippen LogP contribution in [0.3, 0.4) is 0 Å². The third-order valence-corrected chi connectivity index (χ3v) is 4.04. The second kappa shape index (κ2) is 5.69. The molecule has 1 aromatic heterocycles. The van der Waals surface area contributed by atoms with Crippen LogP contribution in [0, 0.1) is 0 Å². The monoisotopic (exact) mass is 279 g/mol. The van der Waals surface area contributed by atoms with Crippen molar-refractivity contribution in [3.8, 4) is 0 Å². The minimum atomic E-state index is -1.12. The van der Waals surface area contributed by atoms with Crippen molar-refractivity contribution < 1.29 is 19.1 Å². The van der Waals surface area contributed by atoms with Crippen LogP contribution in [0.5, 0.6) is 0 Å². The Hall–Kier alpha value is -1.78. The molecule has 5 heteroatoms. The molecule has 0 aliphatic heterocycles. The number of nitrogens with one attached hydrogen (secondary N) is 1. The van der Waals surface area contributed by atoms with E-state index in [0.717, 1.165) is 37.0 Å². The number of aliphatic carboxylic acids is 1. The lowest BCUT2D eigenvalue weighted by molar-refractivity contribution is -0.144. The fourth-order valence-electron chi connectivity index (χ4n) is 2.83. The van der Waals surface area contributed by atoms with E-state index in [0.29, 0.717) is 12.8 Å². The van der Waals surface area contributed by atoms with Gasteiger partial charge in [-0.15, -0.1) is 0 Å². The van der Waals surface area contributed by atoms with Gasteiger partial charge in [-0.3, -0.25) is 4.79 Å². The van der Waals surface area contributed by atoms with Crippen molar-refractivity contribution in [2.75, 3.05) is 0 Å². The minimum absolute atomic E-state index is 0.214. The summed E-state index contributed by atoms with van der Waals surface area (Å²) in [6, 6.07) is 1.72. The van der Waals surface area contributed by atoms with Crippen LogP contribution < -0.4 is 5.32 Å². The standard InChI is InChI=1S/C15H21NO4/c1-3-10-9-12(20-11(10)4-2)13(17)16-15(14(18)19)7-5-6-8-15/h9H,3-8H2,1-2H3,(H,16,17)(H,18,19). The number of carboxylic acids is 1. The summed E-state index contributed by atoms with van der Waals surface area (Å²) in [5.74, 6) is -0.371. The molecule has 0 bridgehead atoms. The van der Waals surface area contributed by atoms with Crippen molar-refractivity contribution in [2.24, 2.45) is 0 Å². The molecule has 1 aliphatic rings. The Bertz CT molecular complexity index is 490. The Labute approximate surface area is 118 Å². The van der Waals surface area contributed by atoms with Gasteiger partial charge >= 0.3 is 5.97 Å². The van der Waals surface area contributed by atoms with Crippen LogP contribution in [0.25, 0.3) is 0 Å². The van der Waals surface area contributed by atoms with Gasteiger partial charge in [0.1, 0.15) is 11.3 Å². The molecule has 0 unspecified atom stereocenters. The fraction of sp³-hybridized carbons (Fsp3) is 0.600. The molecular formula is C15H21NO4. The van der Waals surface area contributed by atoms with E-state index in [1.165, 1.54) is 0 Å². The second-order valence-electron chi connectivity index (χ2n) is 5.31. The van der Waals surface area contributed by atoms with Gasteiger partial charge in [-0.05, 0) is 30.9 Å². The Kier molecular flexibility index (Phi) is 4.16. The number of aryl methyl sites for hydroxylation is 2. The average molecular weight is 279 g/mol. The number of carbonyl (C=O) groups excluding carboxylic acids is 1. The van der Waals surface area contributed by atoms with Gasteiger partial charge in [0, 0.05) is 6.42 Å². The lowest BCUT2D eigenvalue weighted by atomic mass is 9.97. The van der Waals surface area contributed by atoms with Gasteiger partial charge in [-0.25, -0.2) is 4.79 Å². The molecule has 2 N–H and O–H groups in total. The van der Waals surface area contributed by atoms with Crippen molar-refractivity contribution in [2.45, 2.75) is 57.9 Å². The zero-order chi connectivity index (χ0) is 14.8. The topological polar surface area (TPSA) is 79.5 Å². The van der Waals surface area contributed by atoms with E-state index in [1.54, 1.807) is 6.07 Å². The largest absolute Gasteiger partial charge is 0.480 e. The van der Waals surface area contributed by atoms with E-state index in [1.807, 2.05) is 13.8 Å². The molecule has 1 aliphatic carbocycles. The van der Waals surface area contributed by atoms with Crippen LogP contribution in [0.4, 0.5) is 0 Å². The first-order valence-corrected chi connectivity index (χ1v) is 7.20. The molecule has 1 heterocycles. The Morgan fingerprint density at radius 1 is 1.30 bits per heavy atom. The summed E-state index contributed by atoms with van der Waals surface area (Å²) in [7, 11) is 0. The summed E-state index contributed by atoms with van der Waals surface area (Å²) in [4.78, 5) is 23.7. The fourth-order valence-corrected chi connectivity index (χ4v) is 2.83. The zero-order valence-electron chi connectivity index (χ0n) is 12.0. The van der Waals surface area contributed by atoms with Crippen LogP contribution in [0.15, 0.2) is 10.5 Å².